The van der Waals surface area contributed by atoms with E-state index in [2.05, 4.69) is 30.4 Å². The molecule has 22 heteroatoms. The van der Waals surface area contributed by atoms with Crippen LogP contribution in [0.3, 0.4) is 0 Å². The molecule has 0 spiro atoms. The van der Waals surface area contributed by atoms with Crippen LogP contribution < -0.4 is 11.5 Å². The summed E-state index contributed by atoms with van der Waals surface area (Å²) in [7, 11) is -13.7. The van der Waals surface area contributed by atoms with Crippen LogP contribution in [0.25, 0.3) is 11.0 Å². The third-order valence-corrected chi connectivity index (χ3v) is 9.99. The normalized spacial score (nSPS) is 23.1. The Balaban J connectivity index is 1.82. The molecule has 38 heavy (non-hydrogen) atoms. The molecule has 0 radical (unpaired) electrons. The molecule has 1 fully saturated rings. The molecule has 0 saturated carbocycles. The van der Waals surface area contributed by atoms with Crippen LogP contribution in [0.5, 0.6) is 0 Å². The van der Waals surface area contributed by atoms with Gasteiger partial charge in [-0.25, -0.2) is 23.7 Å². The van der Waals surface area contributed by atoms with Gasteiger partial charge in [-0.2, -0.15) is 8.62 Å². The van der Waals surface area contributed by atoms with Gasteiger partial charge in [0.2, 0.25) is 0 Å². The second kappa shape index (κ2) is 13.1. The number of fused-ring (bicyclic) bond motifs is 1. The topological polar surface area (TPSA) is 261 Å². The molecule has 2 aromatic heterocycles. The first-order chi connectivity index (χ1) is 17.8. The predicted octanol–water partition coefficient (Wildman–Crippen LogP) is 1.31. The Labute approximate surface area is 223 Å². The molecule has 5 atom stereocenters. The van der Waals surface area contributed by atoms with Gasteiger partial charge in [-0.05, 0) is 6.26 Å². The summed E-state index contributed by atoms with van der Waals surface area (Å²) >= 11 is 0. The van der Waals surface area contributed by atoms with Gasteiger partial charge in [0.15, 0.2) is 0 Å². The van der Waals surface area contributed by atoms with Crippen molar-refractivity contribution in [1.82, 2.24) is 14.5 Å². The Morgan fingerprint density at radius 1 is 1.21 bits per heavy atom. The van der Waals surface area contributed by atoms with Gasteiger partial charge in [-0.1, -0.05) is 33.4 Å². The minimum Gasteiger partial charge on any atom is -0.383 e. The zero-order valence-corrected chi connectivity index (χ0v) is 23.7. The third kappa shape index (κ3) is 8.73. The Bertz CT molecular complexity index is 1350. The number of phosphoric acid groups is 3. The second-order valence-electron chi connectivity index (χ2n) is 7.27. The summed E-state index contributed by atoms with van der Waals surface area (Å²) in [5.41, 5.74) is 12.4. The summed E-state index contributed by atoms with van der Waals surface area (Å²) < 4.78 is 60.3. The number of hydrogen-bond acceptors (Lipinski definition) is 14. The van der Waals surface area contributed by atoms with Crippen molar-refractivity contribution in [3.63, 3.8) is 0 Å². The largest absolute Gasteiger partial charge is 0.490 e. The molecule has 3 rings (SSSR count). The van der Waals surface area contributed by atoms with Crippen molar-refractivity contribution in [2.45, 2.75) is 24.9 Å². The zero-order valence-electron chi connectivity index (χ0n) is 19.4. The number of anilines is 1. The standard InChI is InChI=1S/C16H24N5O12P3S2/c1-37-38-9-29-11-5-13(21-6-10(3-2-4-17)14-15(18)19-8-20-16(14)21)31-12(11)7-30-35(25,26)33-36(27,28)32-34(22,23)24/h6,8,11-13H,4-5,7,9,17H2,1H3,(H,25,26)(H,27,28)(H2,18,19,20)(H2,22,23,24)/t11-,12?,13-/m1/s1. The molecule has 1 aliphatic rings. The van der Waals surface area contributed by atoms with Gasteiger partial charge in [0, 0.05) is 12.6 Å². The second-order valence-corrected chi connectivity index (χ2v) is 14.2. The van der Waals surface area contributed by atoms with E-state index in [0.717, 1.165) is 0 Å². The molecule has 0 aliphatic carbocycles. The van der Waals surface area contributed by atoms with E-state index in [0.29, 0.717) is 16.6 Å². The van der Waals surface area contributed by atoms with E-state index in [-0.39, 0.29) is 24.7 Å². The lowest BCUT2D eigenvalue weighted by atomic mass is 10.2. The van der Waals surface area contributed by atoms with Gasteiger partial charge in [0.1, 0.15) is 36.1 Å². The molecular formula is C16H24N5O12P3S2. The third-order valence-electron chi connectivity index (χ3n) is 4.72. The fourth-order valence-corrected chi connectivity index (χ4v) is 7.21. The average molecular weight is 635 g/mol. The quantitative estimate of drug-likeness (QED) is 0.0631. The number of rotatable bonds is 12. The van der Waals surface area contributed by atoms with Crippen LogP contribution in [-0.2, 0) is 36.3 Å². The van der Waals surface area contributed by atoms with E-state index in [9.17, 15) is 23.5 Å². The van der Waals surface area contributed by atoms with E-state index in [1.54, 1.807) is 10.8 Å². The van der Waals surface area contributed by atoms with Gasteiger partial charge in [-0.3, -0.25) is 4.52 Å². The fourth-order valence-electron chi connectivity index (χ4n) is 3.40. The summed E-state index contributed by atoms with van der Waals surface area (Å²) in [5.74, 6) is 6.05. The highest BCUT2D eigenvalue weighted by atomic mass is 33.1. The van der Waals surface area contributed by atoms with Crippen LogP contribution in [0.1, 0.15) is 18.2 Å². The first kappa shape index (κ1) is 31.5. The van der Waals surface area contributed by atoms with E-state index in [4.69, 9.17) is 35.3 Å². The van der Waals surface area contributed by atoms with Crippen molar-refractivity contribution >= 4 is 61.9 Å². The molecule has 8 N–H and O–H groups in total. The molecule has 2 aromatic rings. The highest BCUT2D eigenvalue weighted by Gasteiger charge is 2.43. The van der Waals surface area contributed by atoms with Crippen LogP contribution in [0.15, 0.2) is 12.5 Å². The maximum absolute atomic E-state index is 12.2. The number of phosphoric ester groups is 1. The minimum absolute atomic E-state index is 0.103. The monoisotopic (exact) mass is 635 g/mol. The molecule has 17 nitrogen and oxygen atoms in total. The lowest BCUT2D eigenvalue weighted by Gasteiger charge is -2.21. The van der Waals surface area contributed by atoms with Crippen molar-refractivity contribution in [1.29, 1.82) is 0 Å². The highest BCUT2D eigenvalue weighted by molar-refractivity contribution is 8.76. The summed E-state index contributed by atoms with van der Waals surface area (Å²) in [6.45, 7) is -0.573. The number of nitrogens with zero attached hydrogens (tertiary/aromatic N) is 3. The van der Waals surface area contributed by atoms with Crippen molar-refractivity contribution in [2.24, 2.45) is 5.73 Å². The van der Waals surface area contributed by atoms with E-state index < -0.39 is 48.5 Å². The molecule has 0 bridgehead atoms. The summed E-state index contributed by atoms with van der Waals surface area (Å²) in [5, 5.41) is 0.476. The van der Waals surface area contributed by atoms with Crippen LogP contribution in [0, 0.1) is 11.8 Å². The molecule has 3 heterocycles. The molecule has 0 amide bonds. The summed E-state index contributed by atoms with van der Waals surface area (Å²) in [6, 6.07) is 0. The maximum Gasteiger partial charge on any atom is 0.490 e. The molecule has 3 unspecified atom stereocenters. The highest BCUT2D eigenvalue weighted by Crippen LogP contribution is 2.66. The van der Waals surface area contributed by atoms with Crippen LogP contribution in [-0.4, -0.2) is 71.7 Å². The average Bonchev–Trinajstić information content (AvgIpc) is 3.36. The molecular weight excluding hydrogens is 611 g/mol. The fraction of sp³-hybridized carbons (Fsp3) is 0.500. The SMILES string of the molecule is CSSCO[C@@H]1C[C@H](n2cc(C#CCN)c3c(N)ncnc32)OC1COP(=O)(O)OP(=O)(O)OP(=O)(O)O. The van der Waals surface area contributed by atoms with Crippen molar-refractivity contribution < 1.29 is 55.9 Å². The first-order valence-electron chi connectivity index (χ1n) is 10.3. The van der Waals surface area contributed by atoms with Crippen molar-refractivity contribution in [2.75, 3.05) is 31.1 Å². The summed E-state index contributed by atoms with van der Waals surface area (Å²) in [6.07, 6.45) is 2.54. The Hall–Kier alpha value is -1.03. The van der Waals surface area contributed by atoms with Gasteiger partial charge in [0.25, 0.3) is 0 Å². The number of nitrogen functional groups attached to an aromatic ring is 1. The van der Waals surface area contributed by atoms with Gasteiger partial charge in [0.05, 0.1) is 30.2 Å². The summed E-state index contributed by atoms with van der Waals surface area (Å²) in [4.78, 5) is 44.8. The Kier molecular flexibility index (Phi) is 10.8. The van der Waals surface area contributed by atoms with E-state index in [1.807, 2.05) is 6.26 Å². The van der Waals surface area contributed by atoms with E-state index >= 15 is 0 Å². The minimum atomic E-state index is -5.66. The maximum atomic E-state index is 12.2. The van der Waals surface area contributed by atoms with Crippen LogP contribution in [0.4, 0.5) is 5.82 Å². The Morgan fingerprint density at radius 2 is 1.95 bits per heavy atom. The number of aromatic nitrogens is 3. The molecule has 212 valence electrons. The van der Waals surface area contributed by atoms with Crippen LogP contribution >= 0.6 is 45.1 Å². The van der Waals surface area contributed by atoms with Crippen molar-refractivity contribution in [3.8, 4) is 11.8 Å². The Morgan fingerprint density at radius 3 is 2.61 bits per heavy atom. The van der Waals surface area contributed by atoms with Crippen LogP contribution in [0.2, 0.25) is 0 Å². The predicted molar refractivity (Wildman–Crippen MR) is 137 cm³/mol. The number of hydrogen-bond donors (Lipinski definition) is 6. The van der Waals surface area contributed by atoms with E-state index in [1.165, 1.54) is 27.9 Å². The first-order valence-corrected chi connectivity index (χ1v) is 17.5. The van der Waals surface area contributed by atoms with Gasteiger partial charge >= 0.3 is 23.5 Å². The van der Waals surface area contributed by atoms with Crippen molar-refractivity contribution in [3.05, 3.63) is 18.1 Å². The smallest absolute Gasteiger partial charge is 0.383 e. The molecule has 1 saturated heterocycles. The zero-order chi connectivity index (χ0) is 28.1. The molecule has 0 aromatic carbocycles. The number of nitrogens with two attached hydrogens (primary N) is 2. The lowest BCUT2D eigenvalue weighted by Crippen LogP contribution is -2.28. The van der Waals surface area contributed by atoms with Gasteiger partial charge in [-0.15, -0.1) is 0 Å². The lowest BCUT2D eigenvalue weighted by molar-refractivity contribution is -0.0520. The van der Waals surface area contributed by atoms with Gasteiger partial charge < -0.3 is 45.1 Å². The number of ether oxygens (including phenoxy) is 2. The molecule has 1 aliphatic heterocycles.